The highest BCUT2D eigenvalue weighted by atomic mass is 19.1. The second kappa shape index (κ2) is 10.4. The molecule has 0 unspecified atom stereocenters. The maximum atomic E-state index is 13.7. The van der Waals surface area contributed by atoms with Crippen molar-refractivity contribution in [2.24, 2.45) is 0 Å². The number of benzene rings is 1. The van der Waals surface area contributed by atoms with Crippen molar-refractivity contribution < 1.29 is 23.9 Å². The number of aryl methyl sites for hydroxylation is 1. The quantitative estimate of drug-likeness (QED) is 0.337. The van der Waals surface area contributed by atoms with Gasteiger partial charge in [0.05, 0.1) is 17.7 Å². The molecule has 2 aliphatic heterocycles. The minimum absolute atomic E-state index is 0.0754. The van der Waals surface area contributed by atoms with Gasteiger partial charge in [0.25, 0.3) is 11.8 Å². The molecule has 0 spiro atoms. The number of carboxylic acids is 1. The summed E-state index contributed by atoms with van der Waals surface area (Å²) in [5.41, 5.74) is 3.99. The molecule has 35 heavy (non-hydrogen) atoms. The molecule has 1 aromatic carbocycles. The fraction of sp³-hybridized carbons (Fsp3) is 0.400. The van der Waals surface area contributed by atoms with E-state index in [1.54, 1.807) is 6.08 Å². The van der Waals surface area contributed by atoms with E-state index in [1.165, 1.54) is 18.2 Å². The fourth-order valence-electron chi connectivity index (χ4n) is 4.66. The lowest BCUT2D eigenvalue weighted by Gasteiger charge is -2.33. The van der Waals surface area contributed by atoms with Gasteiger partial charge in [-0.3, -0.25) is 19.3 Å². The Bertz CT molecular complexity index is 1180. The smallest absolute Gasteiger partial charge is 0.317 e. The van der Waals surface area contributed by atoms with Gasteiger partial charge in [0, 0.05) is 55.4 Å². The van der Waals surface area contributed by atoms with Crippen LogP contribution in [0.1, 0.15) is 39.3 Å². The molecule has 0 bridgehead atoms. The number of nitrogens with zero attached hydrogens (tertiary/aromatic N) is 2. The number of carboxylic acid groups (broad SMARTS) is 1. The summed E-state index contributed by atoms with van der Waals surface area (Å²) in [5, 5.41) is 14.6. The number of carbonyl (C=O) groups is 3. The number of nitrogens with one attached hydrogen (secondary N) is 3. The third-order valence-corrected chi connectivity index (χ3v) is 6.52. The molecule has 1 saturated heterocycles. The lowest BCUT2D eigenvalue weighted by molar-refractivity contribution is -0.138. The molecule has 0 radical (unpaired) electrons. The number of rotatable bonds is 8. The zero-order valence-corrected chi connectivity index (χ0v) is 19.9. The first kappa shape index (κ1) is 24.6. The van der Waals surface area contributed by atoms with Crippen LogP contribution in [0.2, 0.25) is 0 Å². The summed E-state index contributed by atoms with van der Waals surface area (Å²) < 4.78 is 13.7. The maximum absolute atomic E-state index is 13.7. The topological polar surface area (TPSA) is 118 Å². The Kier molecular flexibility index (Phi) is 7.32. The number of anilines is 1. The molecule has 4 rings (SSSR count). The van der Waals surface area contributed by atoms with Crippen LogP contribution in [0.4, 0.5) is 10.1 Å². The molecule has 2 aliphatic rings. The Labute approximate surface area is 203 Å². The van der Waals surface area contributed by atoms with Gasteiger partial charge in [0.2, 0.25) is 0 Å². The number of H-pyrrole nitrogens is 1. The zero-order chi connectivity index (χ0) is 25.1. The van der Waals surface area contributed by atoms with Crippen LogP contribution in [0.15, 0.2) is 18.2 Å². The van der Waals surface area contributed by atoms with Crippen molar-refractivity contribution in [3.63, 3.8) is 0 Å². The Hall–Kier alpha value is -3.50. The maximum Gasteiger partial charge on any atom is 0.317 e. The van der Waals surface area contributed by atoms with E-state index in [1.807, 2.05) is 18.7 Å². The average molecular weight is 484 g/mol. The molecule has 0 aliphatic carbocycles. The van der Waals surface area contributed by atoms with Crippen LogP contribution in [0.5, 0.6) is 0 Å². The monoisotopic (exact) mass is 483 g/mol. The Morgan fingerprint density at radius 3 is 2.60 bits per heavy atom. The van der Waals surface area contributed by atoms with Gasteiger partial charge >= 0.3 is 5.97 Å². The molecule has 9 nitrogen and oxygen atoms in total. The van der Waals surface area contributed by atoms with E-state index in [0.29, 0.717) is 40.3 Å². The number of aromatic nitrogens is 1. The van der Waals surface area contributed by atoms with Gasteiger partial charge in [-0.25, -0.2) is 4.39 Å². The van der Waals surface area contributed by atoms with Crippen LogP contribution in [-0.2, 0) is 9.59 Å². The van der Waals surface area contributed by atoms with Crippen molar-refractivity contribution in [1.29, 1.82) is 0 Å². The van der Waals surface area contributed by atoms with E-state index >= 15 is 0 Å². The average Bonchev–Trinajstić information content (AvgIpc) is 3.26. The Balaban J connectivity index is 1.34. The van der Waals surface area contributed by atoms with Gasteiger partial charge < -0.3 is 25.6 Å². The largest absolute Gasteiger partial charge is 0.480 e. The summed E-state index contributed by atoms with van der Waals surface area (Å²) in [4.78, 5) is 43.5. The SMILES string of the molecule is Cc1[nH]c(/C=C2\C(=O)Nc3ccc(F)cc32)c(C)c1C(=O)NCCCN1CCN(CC(=O)O)CC1. The summed E-state index contributed by atoms with van der Waals surface area (Å²) in [6.07, 6.45) is 2.44. The van der Waals surface area contributed by atoms with Crippen molar-refractivity contribution >= 4 is 35.1 Å². The molecule has 4 N–H and O–H groups in total. The van der Waals surface area contributed by atoms with Crippen molar-refractivity contribution in [3.8, 4) is 0 Å². The number of aliphatic carboxylic acids is 1. The molecule has 2 amide bonds. The van der Waals surface area contributed by atoms with E-state index in [-0.39, 0.29) is 18.4 Å². The molecular weight excluding hydrogens is 453 g/mol. The first-order chi connectivity index (χ1) is 16.7. The number of piperazine rings is 1. The van der Waals surface area contributed by atoms with Gasteiger partial charge in [-0.2, -0.15) is 0 Å². The number of hydrogen-bond donors (Lipinski definition) is 4. The highest BCUT2D eigenvalue weighted by molar-refractivity contribution is 6.34. The number of halogens is 1. The number of amides is 2. The highest BCUT2D eigenvalue weighted by Gasteiger charge is 2.26. The van der Waals surface area contributed by atoms with Crippen molar-refractivity contribution in [1.82, 2.24) is 20.1 Å². The number of fused-ring (bicyclic) bond motifs is 1. The zero-order valence-electron chi connectivity index (χ0n) is 19.9. The van der Waals surface area contributed by atoms with Crippen LogP contribution in [0.3, 0.4) is 0 Å². The third kappa shape index (κ3) is 5.60. The normalized spacial score (nSPS) is 17.5. The van der Waals surface area contributed by atoms with E-state index in [0.717, 1.165) is 44.7 Å². The highest BCUT2D eigenvalue weighted by Crippen LogP contribution is 2.34. The third-order valence-electron chi connectivity index (χ3n) is 6.52. The van der Waals surface area contributed by atoms with E-state index in [2.05, 4.69) is 20.5 Å². The minimum atomic E-state index is -0.805. The fourth-order valence-corrected chi connectivity index (χ4v) is 4.66. The van der Waals surface area contributed by atoms with E-state index in [4.69, 9.17) is 5.11 Å². The molecule has 3 heterocycles. The molecule has 1 fully saturated rings. The van der Waals surface area contributed by atoms with Crippen LogP contribution in [0.25, 0.3) is 11.6 Å². The second-order valence-electron chi connectivity index (χ2n) is 8.99. The summed E-state index contributed by atoms with van der Waals surface area (Å²) in [5.74, 6) is -1.73. The molecule has 1 aromatic heterocycles. The molecule has 0 saturated carbocycles. The summed E-state index contributed by atoms with van der Waals surface area (Å²) in [6, 6.07) is 4.16. The Morgan fingerprint density at radius 2 is 1.89 bits per heavy atom. The lowest BCUT2D eigenvalue weighted by atomic mass is 10.0. The summed E-state index contributed by atoms with van der Waals surface area (Å²) in [6.45, 7) is 8.14. The van der Waals surface area contributed by atoms with Gasteiger partial charge in [-0.1, -0.05) is 0 Å². The number of aromatic amines is 1. The first-order valence-electron chi connectivity index (χ1n) is 11.7. The van der Waals surface area contributed by atoms with Crippen LogP contribution >= 0.6 is 0 Å². The molecule has 0 atom stereocenters. The van der Waals surface area contributed by atoms with Gasteiger partial charge in [0.15, 0.2) is 0 Å². The van der Waals surface area contributed by atoms with E-state index in [9.17, 15) is 18.8 Å². The first-order valence-corrected chi connectivity index (χ1v) is 11.7. The van der Waals surface area contributed by atoms with Crippen molar-refractivity contribution in [3.05, 3.63) is 52.1 Å². The lowest BCUT2D eigenvalue weighted by Crippen LogP contribution is -2.48. The minimum Gasteiger partial charge on any atom is -0.480 e. The van der Waals surface area contributed by atoms with Gasteiger partial charge in [-0.15, -0.1) is 0 Å². The van der Waals surface area contributed by atoms with Crippen LogP contribution in [0, 0.1) is 19.7 Å². The molecular formula is C25H30FN5O4. The van der Waals surface area contributed by atoms with Gasteiger partial charge in [-0.05, 0) is 56.7 Å². The summed E-state index contributed by atoms with van der Waals surface area (Å²) >= 11 is 0. The standard InChI is InChI=1S/C25H30FN5O4/c1-15-21(13-19-18-12-17(26)4-5-20(18)29-24(19)34)28-16(2)23(15)25(35)27-6-3-7-30-8-10-31(11-9-30)14-22(32)33/h4-5,12-13,28H,3,6-11,14H2,1-2H3,(H,27,35)(H,29,34)(H,32,33)/b19-13-. The van der Waals surface area contributed by atoms with Gasteiger partial charge in [0.1, 0.15) is 5.82 Å². The second-order valence-corrected chi connectivity index (χ2v) is 8.99. The molecule has 186 valence electrons. The molecule has 10 heteroatoms. The van der Waals surface area contributed by atoms with Crippen LogP contribution < -0.4 is 10.6 Å². The number of hydrogen-bond acceptors (Lipinski definition) is 5. The Morgan fingerprint density at radius 1 is 1.17 bits per heavy atom. The summed E-state index contributed by atoms with van der Waals surface area (Å²) in [7, 11) is 0. The van der Waals surface area contributed by atoms with Crippen molar-refractivity contribution in [2.75, 3.05) is 51.1 Å². The molecule has 2 aromatic rings. The van der Waals surface area contributed by atoms with Crippen LogP contribution in [-0.4, -0.2) is 83.5 Å². The van der Waals surface area contributed by atoms with E-state index < -0.39 is 11.8 Å². The predicted molar refractivity (Wildman–Crippen MR) is 131 cm³/mol. The number of carbonyl (C=O) groups excluding carboxylic acids is 2. The van der Waals surface area contributed by atoms with Crippen molar-refractivity contribution in [2.45, 2.75) is 20.3 Å². The predicted octanol–water partition coefficient (Wildman–Crippen LogP) is 2.09.